The molecule has 0 bridgehead atoms. The Balaban J connectivity index is 0.00000121. The van der Waals surface area contributed by atoms with Gasteiger partial charge in [-0.1, -0.05) is 24.3 Å². The molecule has 0 heterocycles. The van der Waals surface area contributed by atoms with Crippen molar-refractivity contribution in [2.75, 3.05) is 0 Å². The van der Waals surface area contributed by atoms with Crippen molar-refractivity contribution >= 4 is 21.2 Å². The van der Waals surface area contributed by atoms with E-state index in [1.165, 1.54) is 28.8 Å². The molecule has 0 fully saturated rings. The van der Waals surface area contributed by atoms with Crippen LogP contribution in [0.1, 0.15) is 44.5 Å². The van der Waals surface area contributed by atoms with E-state index in [1.807, 2.05) is 6.07 Å². The fourth-order valence-corrected chi connectivity index (χ4v) is 5.35. The Bertz CT molecular complexity index is 1320. The topological polar surface area (TPSA) is 127 Å². The van der Waals surface area contributed by atoms with Gasteiger partial charge in [-0.3, -0.25) is 4.21 Å². The third-order valence-electron chi connectivity index (χ3n) is 5.88. The number of benzene rings is 3. The minimum atomic E-state index is -4.47. The van der Waals surface area contributed by atoms with Crippen LogP contribution < -0.4 is 37.7 Å². The second-order valence-electron chi connectivity index (χ2n) is 7.65. The van der Waals surface area contributed by atoms with E-state index in [0.717, 1.165) is 34.2 Å². The summed E-state index contributed by atoms with van der Waals surface area (Å²) in [6, 6.07) is 14.2. The molecule has 1 unspecified atom stereocenters. The van der Waals surface area contributed by atoms with Gasteiger partial charge in [-0.05, 0) is 106 Å². The molecule has 5 rings (SSSR count). The molecule has 1 atom stereocenters. The second kappa shape index (κ2) is 9.99. The van der Waals surface area contributed by atoms with Crippen LogP contribution in [0.15, 0.2) is 58.3 Å². The Hall–Kier alpha value is -1.17. The molecular weight excluding hydrogens is 438 g/mol. The van der Waals surface area contributed by atoms with Crippen LogP contribution in [0.4, 0.5) is 0 Å². The van der Waals surface area contributed by atoms with Gasteiger partial charge in [0, 0.05) is 4.90 Å². The van der Waals surface area contributed by atoms with Crippen molar-refractivity contribution in [3.63, 3.8) is 0 Å². The van der Waals surface area contributed by atoms with E-state index in [1.54, 1.807) is 18.2 Å². The SMILES string of the molecule is O=S([O-])c1ccc2c(c1)Cc1cc3c(cc1C2)Cc1cc(S(=O)(=O)[O-])ccc1C3.[Li+].[Li+].[OH-]. The number of fused-ring (bicyclic) bond motifs is 4. The van der Waals surface area contributed by atoms with Gasteiger partial charge in [0.15, 0.2) is 0 Å². The fourth-order valence-electron chi connectivity index (χ4n) is 4.41. The zero-order valence-electron chi connectivity index (χ0n) is 17.8. The minimum Gasteiger partial charge on any atom is -0.870 e. The van der Waals surface area contributed by atoms with Crippen LogP contribution in [0.25, 0.3) is 0 Å². The molecule has 6 nitrogen and oxygen atoms in total. The summed E-state index contributed by atoms with van der Waals surface area (Å²) < 4.78 is 56.6. The van der Waals surface area contributed by atoms with Crippen LogP contribution in [0.3, 0.4) is 0 Å². The van der Waals surface area contributed by atoms with E-state index in [2.05, 4.69) is 12.1 Å². The zero-order chi connectivity index (χ0) is 20.3. The van der Waals surface area contributed by atoms with Crippen molar-refractivity contribution < 1.29 is 64.9 Å². The average molecular weight is 455 g/mol. The second-order valence-corrected chi connectivity index (χ2v) is 9.97. The first kappa shape index (κ1) is 27.1. The number of hydrogen-bond acceptors (Lipinski definition) is 6. The Labute approximate surface area is 213 Å². The molecule has 0 saturated heterocycles. The smallest absolute Gasteiger partial charge is 0.870 e. The third kappa shape index (κ3) is 5.00. The van der Waals surface area contributed by atoms with Gasteiger partial charge in [-0.2, -0.15) is 0 Å². The van der Waals surface area contributed by atoms with Crippen LogP contribution in [0.2, 0.25) is 0 Å². The standard InChI is InChI=1S/C22H18O5S2.2Li.H2O/c23-28(24)21-3-1-13-5-15-8-18-10-20-12-22(29(25,26)27)4-2-14(20)6-16(18)7-17(15)9-19(13)11-21;;;/h1-4,7-8,11-12H,5-6,9-10H2,(H,23,24)(H,25,26,27);;;1H2/q;2*+1;/p-3. The molecule has 0 aliphatic heterocycles. The van der Waals surface area contributed by atoms with Gasteiger partial charge in [0.05, 0.1) is 4.90 Å². The van der Waals surface area contributed by atoms with Gasteiger partial charge in [0.2, 0.25) is 0 Å². The summed E-state index contributed by atoms with van der Waals surface area (Å²) >= 11 is -2.24. The van der Waals surface area contributed by atoms with Gasteiger partial charge < -0.3 is 14.6 Å². The van der Waals surface area contributed by atoms with Crippen molar-refractivity contribution in [3.05, 3.63) is 93.0 Å². The Morgan fingerprint density at radius 2 is 1.06 bits per heavy atom. The molecule has 3 aromatic carbocycles. The van der Waals surface area contributed by atoms with E-state index in [4.69, 9.17) is 0 Å². The van der Waals surface area contributed by atoms with Gasteiger partial charge in [0.1, 0.15) is 10.1 Å². The molecule has 2 aliphatic carbocycles. The summed E-state index contributed by atoms with van der Waals surface area (Å²) in [5.41, 5.74) is 8.84. The molecule has 2 aliphatic rings. The molecule has 156 valence electrons. The summed E-state index contributed by atoms with van der Waals surface area (Å²) in [7, 11) is -4.47. The van der Waals surface area contributed by atoms with Gasteiger partial charge in [-0.25, -0.2) is 8.42 Å². The predicted octanol–water partition coefficient (Wildman–Crippen LogP) is -3.35. The summed E-state index contributed by atoms with van der Waals surface area (Å²) in [6.45, 7) is 0. The van der Waals surface area contributed by atoms with E-state index in [9.17, 15) is 21.7 Å². The van der Waals surface area contributed by atoms with Crippen LogP contribution >= 0.6 is 0 Å². The minimum absolute atomic E-state index is 0. The molecule has 0 saturated carbocycles. The number of hydrogen-bond donors (Lipinski definition) is 0. The van der Waals surface area contributed by atoms with Crippen molar-refractivity contribution in [3.8, 4) is 0 Å². The maximum atomic E-state index is 11.3. The maximum Gasteiger partial charge on any atom is 1.00 e. The Kier molecular flexibility index (Phi) is 8.45. The van der Waals surface area contributed by atoms with Crippen molar-refractivity contribution in [2.24, 2.45) is 0 Å². The van der Waals surface area contributed by atoms with Crippen LogP contribution in [-0.4, -0.2) is 27.2 Å². The van der Waals surface area contributed by atoms with Crippen LogP contribution in [-0.2, 0) is 46.9 Å². The molecule has 0 amide bonds. The molecule has 0 spiro atoms. The zero-order valence-corrected chi connectivity index (χ0v) is 19.4. The van der Waals surface area contributed by atoms with E-state index < -0.39 is 21.2 Å². The maximum absolute atomic E-state index is 11.3. The number of rotatable bonds is 2. The van der Waals surface area contributed by atoms with Crippen LogP contribution in [0, 0.1) is 0 Å². The molecule has 1 N–H and O–H groups in total. The monoisotopic (exact) mass is 455 g/mol. The first-order valence-electron chi connectivity index (χ1n) is 9.20. The summed E-state index contributed by atoms with van der Waals surface area (Å²) in [5.74, 6) is 0. The van der Waals surface area contributed by atoms with Crippen molar-refractivity contribution in [1.82, 2.24) is 0 Å². The van der Waals surface area contributed by atoms with Crippen LogP contribution in [0.5, 0.6) is 0 Å². The normalized spacial score (nSPS) is 14.2. The first-order valence-corrected chi connectivity index (χ1v) is 11.7. The van der Waals surface area contributed by atoms with E-state index in [-0.39, 0.29) is 48.1 Å². The van der Waals surface area contributed by atoms with E-state index >= 15 is 0 Å². The predicted molar refractivity (Wildman–Crippen MR) is 108 cm³/mol. The summed E-state index contributed by atoms with van der Waals surface area (Å²) in [5, 5.41) is 0. The van der Waals surface area contributed by atoms with E-state index in [0.29, 0.717) is 24.2 Å². The molecule has 32 heavy (non-hydrogen) atoms. The average Bonchev–Trinajstić information content (AvgIpc) is 2.67. The molecule has 0 radical (unpaired) electrons. The Morgan fingerprint density at radius 3 is 1.53 bits per heavy atom. The summed E-state index contributed by atoms with van der Waals surface area (Å²) in [4.78, 5) is 0.126. The van der Waals surface area contributed by atoms with Gasteiger partial charge >= 0.3 is 37.7 Å². The van der Waals surface area contributed by atoms with Crippen molar-refractivity contribution in [1.29, 1.82) is 0 Å². The fraction of sp³-hybridized carbons (Fsp3) is 0.182. The Morgan fingerprint density at radius 1 is 0.656 bits per heavy atom. The summed E-state index contributed by atoms with van der Waals surface area (Å²) in [6.07, 6.45) is 2.73. The molecule has 0 aromatic heterocycles. The molecule has 10 heteroatoms. The third-order valence-corrected chi connectivity index (χ3v) is 7.35. The van der Waals surface area contributed by atoms with Gasteiger partial charge in [0.25, 0.3) is 0 Å². The first-order chi connectivity index (χ1) is 13.8. The molecular formula is C22H17Li2O6S2-. The quantitative estimate of drug-likeness (QED) is 0.156. The largest absolute Gasteiger partial charge is 1.00 e. The van der Waals surface area contributed by atoms with Gasteiger partial charge in [-0.15, -0.1) is 0 Å². The molecule has 3 aromatic rings. The van der Waals surface area contributed by atoms with Crippen molar-refractivity contribution in [2.45, 2.75) is 35.5 Å².